The second-order valence-corrected chi connectivity index (χ2v) is 8.65. The smallest absolute Gasteiger partial charge is 0.213 e. The van der Waals surface area contributed by atoms with Crippen molar-refractivity contribution < 1.29 is 19.4 Å². The Morgan fingerprint density at radius 3 is 1.67 bits per heavy atom. The van der Waals surface area contributed by atoms with E-state index in [1.54, 1.807) is 66.7 Å². The number of hydrogen-bond donors (Lipinski definition) is 0. The Hall–Kier alpha value is -4.58. The van der Waals surface area contributed by atoms with Crippen molar-refractivity contribution in [3.63, 3.8) is 0 Å². The first-order valence-corrected chi connectivity index (χ1v) is 11.5. The Labute approximate surface area is 211 Å². The highest BCUT2D eigenvalue weighted by atomic mass is 17.2. The predicted molar refractivity (Wildman–Crippen MR) is 143 cm³/mol. The fraction of sp³-hybridized carbons (Fsp3) is 0.133. The molecular weight excluding hydrogens is 452 g/mol. The van der Waals surface area contributed by atoms with Crippen molar-refractivity contribution in [3.8, 4) is 11.5 Å². The quantitative estimate of drug-likeness (QED) is 0.175. The lowest BCUT2D eigenvalue weighted by molar-refractivity contribution is -0.0991. The van der Waals surface area contributed by atoms with Gasteiger partial charge in [0.1, 0.15) is 0 Å². The first-order chi connectivity index (χ1) is 17.4. The summed E-state index contributed by atoms with van der Waals surface area (Å²) in [6, 6.07) is 28.5. The number of nitrogens with zero attached hydrogens (tertiary/aromatic N) is 2. The van der Waals surface area contributed by atoms with E-state index in [1.807, 2.05) is 68.3 Å². The van der Waals surface area contributed by atoms with Gasteiger partial charge in [-0.3, -0.25) is 19.4 Å². The van der Waals surface area contributed by atoms with Gasteiger partial charge in [0.15, 0.2) is 11.6 Å². The topological polar surface area (TPSA) is 59.1 Å². The molecule has 4 aromatic rings. The second-order valence-electron chi connectivity index (χ2n) is 8.65. The molecule has 0 aliphatic carbocycles. The highest BCUT2D eigenvalue weighted by Gasteiger charge is 2.28. The molecule has 0 aliphatic rings. The fourth-order valence-corrected chi connectivity index (χ4v) is 3.89. The summed E-state index contributed by atoms with van der Waals surface area (Å²) >= 11 is 0. The van der Waals surface area contributed by atoms with Crippen LogP contribution < -0.4 is 19.6 Å². The molecule has 0 atom stereocenters. The van der Waals surface area contributed by atoms with Crippen molar-refractivity contribution in [2.24, 2.45) is 0 Å². The van der Waals surface area contributed by atoms with E-state index in [0.29, 0.717) is 22.6 Å². The molecule has 4 aromatic carbocycles. The van der Waals surface area contributed by atoms with E-state index in [-0.39, 0.29) is 28.4 Å². The van der Waals surface area contributed by atoms with Gasteiger partial charge in [-0.15, -0.1) is 0 Å². The number of hydrogen-bond acceptors (Lipinski definition) is 6. The van der Waals surface area contributed by atoms with Crippen LogP contribution in [-0.4, -0.2) is 39.8 Å². The predicted octanol–water partition coefficient (Wildman–Crippen LogP) is 5.65. The van der Waals surface area contributed by atoms with Crippen LogP contribution in [0.15, 0.2) is 97.1 Å². The van der Waals surface area contributed by atoms with Crippen LogP contribution in [-0.2, 0) is 0 Å². The third kappa shape index (κ3) is 5.08. The number of carbonyl (C=O) groups excluding carboxylic acids is 2. The third-order valence-electron chi connectivity index (χ3n) is 5.72. The molecule has 4 rings (SSSR count). The Kier molecular flexibility index (Phi) is 7.35. The first-order valence-electron chi connectivity index (χ1n) is 11.5. The van der Waals surface area contributed by atoms with E-state index < -0.39 is 0 Å². The number of carbonyl (C=O) groups is 2. The largest absolute Gasteiger partial charge is 0.375 e. The third-order valence-corrected chi connectivity index (χ3v) is 5.72. The number of para-hydroxylation sites is 2. The second kappa shape index (κ2) is 10.8. The maximum atomic E-state index is 13.9. The molecule has 0 aliphatic heterocycles. The molecule has 36 heavy (non-hydrogen) atoms. The van der Waals surface area contributed by atoms with Crippen LogP contribution in [0.25, 0.3) is 0 Å². The number of ketones is 2. The molecule has 0 unspecified atom stereocenters. The van der Waals surface area contributed by atoms with Crippen molar-refractivity contribution in [2.45, 2.75) is 0 Å². The van der Waals surface area contributed by atoms with E-state index in [4.69, 9.17) is 9.78 Å². The van der Waals surface area contributed by atoms with Crippen LogP contribution in [0.5, 0.6) is 11.5 Å². The summed E-state index contributed by atoms with van der Waals surface area (Å²) in [4.78, 5) is 42.9. The number of anilines is 2. The molecule has 0 bridgehead atoms. The van der Waals surface area contributed by atoms with E-state index in [1.165, 1.54) is 0 Å². The van der Waals surface area contributed by atoms with Gasteiger partial charge in [0.2, 0.25) is 11.5 Å². The maximum Gasteiger partial charge on any atom is 0.213 e. The minimum absolute atomic E-state index is 0.142. The SMILES string of the molecule is CN(C)c1ccccc1OOc1c(N(C)C)ccc(C(=O)c2ccccc2)c1C(=O)c1ccccc1. The van der Waals surface area contributed by atoms with Crippen molar-refractivity contribution in [2.75, 3.05) is 38.0 Å². The van der Waals surface area contributed by atoms with Crippen molar-refractivity contribution in [3.05, 3.63) is 119 Å². The van der Waals surface area contributed by atoms with Crippen LogP contribution in [0.1, 0.15) is 31.8 Å². The highest BCUT2D eigenvalue weighted by Crippen LogP contribution is 2.37. The van der Waals surface area contributed by atoms with Gasteiger partial charge >= 0.3 is 0 Å². The molecule has 0 aromatic heterocycles. The Bertz CT molecular complexity index is 1370. The van der Waals surface area contributed by atoms with Crippen molar-refractivity contribution >= 4 is 22.9 Å². The van der Waals surface area contributed by atoms with E-state index in [9.17, 15) is 9.59 Å². The standard InChI is InChI=1S/C30H28N2O4/c1-31(2)24-17-11-12-18-26(24)35-36-30-25(32(3)4)20-19-23(28(33)21-13-7-5-8-14-21)27(30)29(34)22-15-9-6-10-16-22/h5-20H,1-4H3. The summed E-state index contributed by atoms with van der Waals surface area (Å²) in [7, 11) is 7.48. The normalized spacial score (nSPS) is 10.4. The van der Waals surface area contributed by atoms with Crippen LogP contribution in [0.2, 0.25) is 0 Å². The highest BCUT2D eigenvalue weighted by molar-refractivity contribution is 6.21. The van der Waals surface area contributed by atoms with Gasteiger partial charge in [0.05, 0.1) is 16.9 Å². The van der Waals surface area contributed by atoms with E-state index in [0.717, 1.165) is 5.69 Å². The zero-order valence-corrected chi connectivity index (χ0v) is 20.8. The average Bonchev–Trinajstić information content (AvgIpc) is 2.91. The van der Waals surface area contributed by atoms with Crippen LogP contribution in [0.3, 0.4) is 0 Å². The summed E-state index contributed by atoms with van der Waals surface area (Å²) < 4.78 is 0. The maximum absolute atomic E-state index is 13.9. The Balaban J connectivity index is 1.89. The van der Waals surface area contributed by atoms with Gasteiger partial charge in [-0.2, -0.15) is 0 Å². The monoisotopic (exact) mass is 480 g/mol. The first kappa shape index (κ1) is 24.5. The lowest BCUT2D eigenvalue weighted by Gasteiger charge is -2.22. The van der Waals surface area contributed by atoms with Crippen molar-refractivity contribution in [1.29, 1.82) is 0 Å². The lowest BCUT2D eigenvalue weighted by atomic mass is 9.91. The van der Waals surface area contributed by atoms with E-state index >= 15 is 0 Å². The summed E-state index contributed by atoms with van der Waals surface area (Å²) in [5, 5.41) is 0. The Morgan fingerprint density at radius 2 is 1.08 bits per heavy atom. The molecular formula is C30H28N2O4. The van der Waals surface area contributed by atoms with Gasteiger partial charge in [-0.05, 0) is 24.3 Å². The summed E-state index contributed by atoms with van der Waals surface area (Å²) in [5.74, 6) is 0.0334. The molecule has 0 fully saturated rings. The minimum atomic E-state index is -0.335. The Morgan fingerprint density at radius 1 is 0.556 bits per heavy atom. The molecule has 0 radical (unpaired) electrons. The number of rotatable bonds is 9. The molecule has 6 nitrogen and oxygen atoms in total. The van der Waals surface area contributed by atoms with Gasteiger partial charge in [0.25, 0.3) is 0 Å². The molecule has 0 saturated heterocycles. The summed E-state index contributed by atoms with van der Waals surface area (Å²) in [6.45, 7) is 0. The summed E-state index contributed by atoms with van der Waals surface area (Å²) in [6.07, 6.45) is 0. The minimum Gasteiger partial charge on any atom is -0.375 e. The van der Waals surface area contributed by atoms with Crippen LogP contribution in [0, 0.1) is 0 Å². The average molecular weight is 481 g/mol. The molecule has 0 heterocycles. The summed E-state index contributed by atoms with van der Waals surface area (Å²) in [5.41, 5.74) is 2.69. The molecule has 0 N–H and O–H groups in total. The van der Waals surface area contributed by atoms with Crippen LogP contribution in [0.4, 0.5) is 11.4 Å². The molecule has 6 heteroatoms. The molecule has 0 spiro atoms. The zero-order chi connectivity index (χ0) is 25.7. The van der Waals surface area contributed by atoms with Gasteiger partial charge < -0.3 is 9.80 Å². The van der Waals surface area contributed by atoms with Gasteiger partial charge in [-0.1, -0.05) is 72.8 Å². The zero-order valence-electron chi connectivity index (χ0n) is 20.8. The van der Waals surface area contributed by atoms with E-state index in [2.05, 4.69) is 0 Å². The molecule has 0 amide bonds. The molecule has 0 saturated carbocycles. The number of benzene rings is 4. The van der Waals surface area contributed by atoms with Gasteiger partial charge in [0, 0.05) is 44.9 Å². The molecule has 182 valence electrons. The van der Waals surface area contributed by atoms with Crippen LogP contribution >= 0.6 is 0 Å². The van der Waals surface area contributed by atoms with Crippen molar-refractivity contribution in [1.82, 2.24) is 0 Å². The van der Waals surface area contributed by atoms with Gasteiger partial charge in [-0.25, -0.2) is 0 Å². The fourth-order valence-electron chi connectivity index (χ4n) is 3.89. The lowest BCUT2D eigenvalue weighted by Crippen LogP contribution is -2.19.